The Balaban J connectivity index is 2.08. The van der Waals surface area contributed by atoms with E-state index in [-0.39, 0.29) is 6.79 Å². The van der Waals surface area contributed by atoms with Crippen LogP contribution in [0, 0.1) is 13.8 Å². The minimum Gasteiger partial charge on any atom is -0.467 e. The summed E-state index contributed by atoms with van der Waals surface area (Å²) in [4.78, 5) is 9.04. The van der Waals surface area contributed by atoms with E-state index in [1.54, 1.807) is 6.33 Å². The first kappa shape index (κ1) is 15.5. The Morgan fingerprint density at radius 2 is 2.00 bits per heavy atom. The summed E-state index contributed by atoms with van der Waals surface area (Å²) in [5, 5.41) is 0. The molecule has 2 aromatic heterocycles. The van der Waals surface area contributed by atoms with Crippen LogP contribution < -0.4 is 4.74 Å². The van der Waals surface area contributed by atoms with E-state index in [9.17, 15) is 0 Å². The van der Waals surface area contributed by atoms with Gasteiger partial charge in [0.05, 0.1) is 17.5 Å². The van der Waals surface area contributed by atoms with Crippen LogP contribution in [0.3, 0.4) is 0 Å². The molecule has 0 amide bonds. The highest BCUT2D eigenvalue weighted by Crippen LogP contribution is 2.34. The second-order valence-electron chi connectivity index (χ2n) is 5.60. The zero-order chi connectivity index (χ0) is 16.4. The number of rotatable bonds is 5. The molecule has 23 heavy (non-hydrogen) atoms. The van der Waals surface area contributed by atoms with E-state index in [2.05, 4.69) is 24.9 Å². The number of imidazole rings is 1. The smallest absolute Gasteiger partial charge is 0.189 e. The summed E-state index contributed by atoms with van der Waals surface area (Å²) in [7, 11) is 1.96. The molecular weight excluding hydrogens is 290 g/mol. The summed E-state index contributed by atoms with van der Waals surface area (Å²) in [5.41, 5.74) is 5.87. The molecule has 0 bridgehead atoms. The first-order valence-electron chi connectivity index (χ1n) is 7.70. The Hall–Kier alpha value is -2.40. The molecule has 0 radical (unpaired) electrons. The van der Waals surface area contributed by atoms with Crippen LogP contribution in [0.1, 0.15) is 18.1 Å². The number of aryl methyl sites for hydroxylation is 3. The van der Waals surface area contributed by atoms with Crippen molar-refractivity contribution in [2.45, 2.75) is 20.8 Å². The van der Waals surface area contributed by atoms with Crippen LogP contribution in [0.4, 0.5) is 0 Å². The maximum Gasteiger partial charge on any atom is 0.189 e. The molecule has 3 rings (SSSR count). The Morgan fingerprint density at radius 3 is 2.78 bits per heavy atom. The molecule has 2 heterocycles. The van der Waals surface area contributed by atoms with Crippen molar-refractivity contribution in [3.63, 3.8) is 0 Å². The van der Waals surface area contributed by atoms with Gasteiger partial charge in [-0.15, -0.1) is 0 Å². The van der Waals surface area contributed by atoms with Gasteiger partial charge in [0.15, 0.2) is 12.4 Å². The van der Waals surface area contributed by atoms with Crippen molar-refractivity contribution in [2.75, 3.05) is 13.4 Å². The van der Waals surface area contributed by atoms with Crippen LogP contribution in [0.25, 0.3) is 22.4 Å². The third kappa shape index (κ3) is 3.05. The van der Waals surface area contributed by atoms with Crippen molar-refractivity contribution in [3.8, 4) is 17.0 Å². The van der Waals surface area contributed by atoms with Crippen molar-refractivity contribution >= 4 is 11.2 Å². The van der Waals surface area contributed by atoms with Gasteiger partial charge in [-0.05, 0) is 50.1 Å². The summed E-state index contributed by atoms with van der Waals surface area (Å²) in [6.45, 7) is 6.93. The Labute approximate surface area is 135 Å². The van der Waals surface area contributed by atoms with Crippen LogP contribution in [0.15, 0.2) is 30.6 Å². The molecule has 3 aromatic rings. The molecule has 0 aliphatic rings. The molecular formula is C18H21N3O2. The van der Waals surface area contributed by atoms with E-state index in [0.29, 0.717) is 6.61 Å². The van der Waals surface area contributed by atoms with Crippen LogP contribution in [0.2, 0.25) is 0 Å². The van der Waals surface area contributed by atoms with Crippen LogP contribution in [0.5, 0.6) is 5.75 Å². The third-order valence-electron chi connectivity index (χ3n) is 3.79. The van der Waals surface area contributed by atoms with Crippen molar-refractivity contribution < 1.29 is 9.47 Å². The predicted molar refractivity (Wildman–Crippen MR) is 90.5 cm³/mol. The van der Waals surface area contributed by atoms with Gasteiger partial charge in [-0.2, -0.15) is 0 Å². The van der Waals surface area contributed by atoms with E-state index < -0.39 is 0 Å². The van der Waals surface area contributed by atoms with Gasteiger partial charge in [0, 0.05) is 19.2 Å². The summed E-state index contributed by atoms with van der Waals surface area (Å²) >= 11 is 0. The fourth-order valence-electron chi connectivity index (χ4n) is 2.71. The minimum absolute atomic E-state index is 0.234. The van der Waals surface area contributed by atoms with E-state index in [0.717, 1.165) is 39.3 Å². The van der Waals surface area contributed by atoms with E-state index in [4.69, 9.17) is 14.5 Å². The molecule has 0 aliphatic carbocycles. The predicted octanol–water partition coefficient (Wildman–Crippen LogP) is 3.62. The quantitative estimate of drug-likeness (QED) is 0.533. The van der Waals surface area contributed by atoms with E-state index >= 15 is 0 Å². The lowest BCUT2D eigenvalue weighted by Crippen LogP contribution is -2.04. The molecule has 0 atom stereocenters. The van der Waals surface area contributed by atoms with Crippen molar-refractivity contribution in [1.82, 2.24) is 14.5 Å². The highest BCUT2D eigenvalue weighted by Gasteiger charge is 2.14. The highest BCUT2D eigenvalue weighted by atomic mass is 16.7. The van der Waals surface area contributed by atoms with Gasteiger partial charge < -0.3 is 14.0 Å². The summed E-state index contributed by atoms with van der Waals surface area (Å²) < 4.78 is 13.1. The number of hydrogen-bond acceptors (Lipinski definition) is 4. The molecule has 0 aliphatic heterocycles. The lowest BCUT2D eigenvalue weighted by molar-refractivity contribution is 0.0227. The maximum atomic E-state index is 5.82. The topological polar surface area (TPSA) is 49.2 Å². The van der Waals surface area contributed by atoms with Gasteiger partial charge in [0.25, 0.3) is 0 Å². The average Bonchev–Trinajstić information content (AvgIpc) is 2.88. The second-order valence-corrected chi connectivity index (χ2v) is 5.60. The van der Waals surface area contributed by atoms with Crippen molar-refractivity contribution in [2.24, 2.45) is 7.05 Å². The average molecular weight is 311 g/mol. The van der Waals surface area contributed by atoms with Gasteiger partial charge in [-0.1, -0.05) is 6.07 Å². The summed E-state index contributed by atoms with van der Waals surface area (Å²) in [6, 6.07) is 8.20. The molecule has 5 heteroatoms. The summed E-state index contributed by atoms with van der Waals surface area (Å²) in [5.74, 6) is 0.790. The molecule has 1 aromatic carbocycles. The van der Waals surface area contributed by atoms with E-state index in [1.165, 1.54) is 0 Å². The maximum absolute atomic E-state index is 5.82. The Kier molecular flexibility index (Phi) is 4.30. The van der Waals surface area contributed by atoms with E-state index in [1.807, 2.05) is 36.7 Å². The molecule has 0 N–H and O–H groups in total. The highest BCUT2D eigenvalue weighted by molar-refractivity contribution is 5.79. The number of aromatic nitrogens is 3. The number of nitrogens with zero attached hydrogens (tertiary/aromatic N) is 3. The molecule has 0 saturated carbocycles. The van der Waals surface area contributed by atoms with Gasteiger partial charge in [-0.25, -0.2) is 9.97 Å². The molecule has 0 unspecified atom stereocenters. The standard InChI is InChI=1S/C18H21N3O2/c1-5-22-11-23-16-9-12(2)8-13(3)17(16)14-6-7-15-18(20-14)19-10-21(15)4/h6-10H,5,11H2,1-4H3. The summed E-state index contributed by atoms with van der Waals surface area (Å²) in [6.07, 6.45) is 1.77. The second kappa shape index (κ2) is 6.38. The normalized spacial score (nSPS) is 11.1. The fraction of sp³-hybridized carbons (Fsp3) is 0.333. The molecule has 0 spiro atoms. The monoisotopic (exact) mass is 311 g/mol. The lowest BCUT2D eigenvalue weighted by atomic mass is 10.0. The largest absolute Gasteiger partial charge is 0.467 e. The first-order chi connectivity index (χ1) is 11.1. The molecule has 5 nitrogen and oxygen atoms in total. The molecule has 120 valence electrons. The number of pyridine rings is 1. The first-order valence-corrected chi connectivity index (χ1v) is 7.70. The minimum atomic E-state index is 0.234. The number of ether oxygens (including phenoxy) is 2. The lowest BCUT2D eigenvalue weighted by Gasteiger charge is -2.15. The van der Waals surface area contributed by atoms with Gasteiger partial charge in [0.2, 0.25) is 0 Å². The van der Waals surface area contributed by atoms with Crippen LogP contribution in [-0.2, 0) is 11.8 Å². The van der Waals surface area contributed by atoms with Crippen molar-refractivity contribution in [3.05, 3.63) is 41.7 Å². The molecule has 0 saturated heterocycles. The SMILES string of the molecule is CCOCOc1cc(C)cc(C)c1-c1ccc2c(ncn2C)n1. The van der Waals surface area contributed by atoms with Crippen molar-refractivity contribution in [1.29, 1.82) is 0 Å². The Bertz CT molecular complexity index is 840. The zero-order valence-electron chi connectivity index (χ0n) is 14.0. The van der Waals surface area contributed by atoms with Crippen LogP contribution in [-0.4, -0.2) is 27.9 Å². The fourth-order valence-corrected chi connectivity index (χ4v) is 2.71. The van der Waals surface area contributed by atoms with Crippen LogP contribution >= 0.6 is 0 Å². The number of hydrogen-bond donors (Lipinski definition) is 0. The zero-order valence-corrected chi connectivity index (χ0v) is 14.0. The molecule has 0 fully saturated rings. The number of benzene rings is 1. The van der Waals surface area contributed by atoms with Gasteiger partial charge >= 0.3 is 0 Å². The van der Waals surface area contributed by atoms with Gasteiger partial charge in [0.1, 0.15) is 5.75 Å². The van der Waals surface area contributed by atoms with Gasteiger partial charge in [-0.3, -0.25) is 0 Å². The Morgan fingerprint density at radius 1 is 1.17 bits per heavy atom. The third-order valence-corrected chi connectivity index (χ3v) is 3.79. The number of fused-ring (bicyclic) bond motifs is 1.